The molecule has 28 heavy (non-hydrogen) atoms. The first-order chi connectivity index (χ1) is 13.4. The van der Waals surface area contributed by atoms with Crippen LogP contribution in [0, 0.1) is 13.8 Å². The zero-order valence-corrected chi connectivity index (χ0v) is 16.7. The molecular formula is C21H18N2O4S. The van der Waals surface area contributed by atoms with Gasteiger partial charge in [-0.1, -0.05) is 17.4 Å². The van der Waals surface area contributed by atoms with Gasteiger partial charge in [-0.2, -0.15) is 0 Å². The number of hydrogen-bond acceptors (Lipinski definition) is 6. The summed E-state index contributed by atoms with van der Waals surface area (Å²) in [4.78, 5) is 29.4. The summed E-state index contributed by atoms with van der Waals surface area (Å²) >= 11 is 1.34. The van der Waals surface area contributed by atoms with E-state index in [0.29, 0.717) is 21.0 Å². The van der Waals surface area contributed by atoms with E-state index in [2.05, 4.69) is 4.98 Å². The van der Waals surface area contributed by atoms with E-state index in [1.54, 1.807) is 28.7 Å². The van der Waals surface area contributed by atoms with Crippen LogP contribution in [0.4, 0.5) is 0 Å². The highest BCUT2D eigenvalue weighted by atomic mass is 32.1. The monoisotopic (exact) mass is 394 g/mol. The van der Waals surface area contributed by atoms with Gasteiger partial charge < -0.3 is 9.47 Å². The summed E-state index contributed by atoms with van der Waals surface area (Å²) in [6.45, 7) is 5.39. The maximum Gasteiger partial charge on any atom is 0.308 e. The Hall–Kier alpha value is -3.19. The van der Waals surface area contributed by atoms with Crippen molar-refractivity contribution in [3.05, 3.63) is 61.9 Å². The lowest BCUT2D eigenvalue weighted by Gasteiger charge is -2.08. The number of esters is 1. The zero-order valence-electron chi connectivity index (χ0n) is 15.9. The lowest BCUT2D eigenvalue weighted by atomic mass is 10.1. The van der Waals surface area contributed by atoms with Crippen LogP contribution in [0.15, 0.2) is 35.1 Å². The topological polar surface area (TPSA) is 69.9 Å². The van der Waals surface area contributed by atoms with Gasteiger partial charge in [0.05, 0.1) is 22.7 Å². The Balaban J connectivity index is 1.86. The fourth-order valence-corrected chi connectivity index (χ4v) is 4.07. The SMILES string of the molecule is COc1cc(/C=c2\sc3nc4cc(C)c(C)cc4n3c2=O)ccc1OC(C)=O. The molecule has 2 aromatic carbocycles. The number of carbonyl (C=O) groups is 1. The zero-order chi connectivity index (χ0) is 20.0. The molecule has 4 aromatic rings. The molecule has 0 saturated heterocycles. The third-order valence-corrected chi connectivity index (χ3v) is 5.56. The van der Waals surface area contributed by atoms with Gasteiger partial charge in [-0.05, 0) is 60.9 Å². The molecule has 6 nitrogen and oxygen atoms in total. The van der Waals surface area contributed by atoms with Crippen molar-refractivity contribution < 1.29 is 14.3 Å². The number of aryl methyl sites for hydroxylation is 2. The summed E-state index contributed by atoms with van der Waals surface area (Å²) in [5, 5.41) is 0. The summed E-state index contributed by atoms with van der Waals surface area (Å²) in [6, 6.07) is 9.16. The Morgan fingerprint density at radius 3 is 2.61 bits per heavy atom. The molecule has 0 aliphatic carbocycles. The van der Waals surface area contributed by atoms with Crippen molar-refractivity contribution >= 4 is 39.4 Å². The lowest BCUT2D eigenvalue weighted by Crippen LogP contribution is -2.22. The van der Waals surface area contributed by atoms with Crippen LogP contribution in [-0.2, 0) is 4.79 Å². The van der Waals surface area contributed by atoms with E-state index in [1.165, 1.54) is 25.4 Å². The van der Waals surface area contributed by atoms with Crippen molar-refractivity contribution in [2.45, 2.75) is 20.8 Å². The molecule has 0 bridgehead atoms. The third kappa shape index (κ3) is 3.03. The Labute approximate surface area is 164 Å². The molecule has 7 heteroatoms. The van der Waals surface area contributed by atoms with Crippen LogP contribution < -0.4 is 19.6 Å². The standard InChI is InChI=1S/C21H18N2O4S/c1-11-7-15-16(8-12(11)2)23-20(25)19(28-21(23)22-15)10-14-5-6-17(27-13(3)24)18(9-14)26-4/h5-10H,1-4H3/b19-10-. The highest BCUT2D eigenvalue weighted by molar-refractivity contribution is 7.15. The molecule has 0 spiro atoms. The average molecular weight is 394 g/mol. The molecule has 0 amide bonds. The molecule has 0 aliphatic rings. The number of aromatic nitrogens is 2. The van der Waals surface area contributed by atoms with E-state index < -0.39 is 5.97 Å². The quantitative estimate of drug-likeness (QED) is 0.395. The number of ether oxygens (including phenoxy) is 2. The van der Waals surface area contributed by atoms with Crippen LogP contribution >= 0.6 is 11.3 Å². The minimum Gasteiger partial charge on any atom is -0.493 e. The molecule has 0 atom stereocenters. The maximum absolute atomic E-state index is 13.0. The molecule has 2 aromatic heterocycles. The number of rotatable bonds is 3. The smallest absolute Gasteiger partial charge is 0.308 e. The Kier molecular flexibility index (Phi) is 4.39. The highest BCUT2D eigenvalue weighted by Crippen LogP contribution is 2.28. The van der Waals surface area contributed by atoms with Crippen LogP contribution in [0.3, 0.4) is 0 Å². The summed E-state index contributed by atoms with van der Waals surface area (Å²) in [5.74, 6) is 0.343. The molecule has 142 valence electrons. The molecule has 4 rings (SSSR count). The number of methoxy groups -OCH3 is 1. The Bertz CT molecular complexity index is 1350. The van der Waals surface area contributed by atoms with E-state index in [1.807, 2.05) is 26.0 Å². The first-order valence-electron chi connectivity index (χ1n) is 8.68. The minimum absolute atomic E-state index is 0.103. The van der Waals surface area contributed by atoms with Crippen molar-refractivity contribution in [3.8, 4) is 11.5 Å². The fourth-order valence-electron chi connectivity index (χ4n) is 3.08. The normalized spacial score (nSPS) is 12.1. The van der Waals surface area contributed by atoms with Crippen LogP contribution in [-0.4, -0.2) is 22.5 Å². The van der Waals surface area contributed by atoms with E-state index in [9.17, 15) is 9.59 Å². The Morgan fingerprint density at radius 2 is 1.89 bits per heavy atom. The number of fused-ring (bicyclic) bond motifs is 3. The summed E-state index contributed by atoms with van der Waals surface area (Å²) in [5.41, 5.74) is 4.58. The van der Waals surface area contributed by atoms with Crippen LogP contribution in [0.1, 0.15) is 23.6 Å². The largest absolute Gasteiger partial charge is 0.493 e. The summed E-state index contributed by atoms with van der Waals surface area (Å²) < 4.78 is 12.6. The number of hydrogen-bond donors (Lipinski definition) is 0. The molecule has 0 unspecified atom stereocenters. The van der Waals surface area contributed by atoms with Crippen molar-refractivity contribution in [1.29, 1.82) is 0 Å². The van der Waals surface area contributed by atoms with Gasteiger partial charge in [0.25, 0.3) is 5.56 Å². The highest BCUT2D eigenvalue weighted by Gasteiger charge is 2.13. The first kappa shape index (κ1) is 18.2. The second-order valence-electron chi connectivity index (χ2n) is 6.57. The number of imidazole rings is 1. The van der Waals surface area contributed by atoms with E-state index >= 15 is 0 Å². The Morgan fingerprint density at radius 1 is 1.14 bits per heavy atom. The van der Waals surface area contributed by atoms with E-state index in [-0.39, 0.29) is 5.56 Å². The van der Waals surface area contributed by atoms with Gasteiger partial charge in [-0.15, -0.1) is 0 Å². The fraction of sp³-hybridized carbons (Fsp3) is 0.190. The van der Waals surface area contributed by atoms with Gasteiger partial charge in [0, 0.05) is 6.92 Å². The summed E-state index contributed by atoms with van der Waals surface area (Å²) in [6.07, 6.45) is 1.79. The second kappa shape index (κ2) is 6.76. The predicted octanol–water partition coefficient (Wildman–Crippen LogP) is 3.01. The molecule has 0 N–H and O–H groups in total. The minimum atomic E-state index is -0.422. The molecule has 0 aliphatic heterocycles. The first-order valence-corrected chi connectivity index (χ1v) is 9.49. The van der Waals surface area contributed by atoms with Crippen LogP contribution in [0.2, 0.25) is 0 Å². The molecule has 2 heterocycles. The van der Waals surface area contributed by atoms with Gasteiger partial charge in [0.1, 0.15) is 0 Å². The average Bonchev–Trinajstić information content (AvgIpc) is 3.13. The molecular weight excluding hydrogens is 376 g/mol. The van der Waals surface area contributed by atoms with Crippen molar-refractivity contribution in [3.63, 3.8) is 0 Å². The van der Waals surface area contributed by atoms with E-state index in [0.717, 1.165) is 27.7 Å². The second-order valence-corrected chi connectivity index (χ2v) is 7.58. The molecule has 0 saturated carbocycles. The van der Waals surface area contributed by atoms with E-state index in [4.69, 9.17) is 9.47 Å². The number of thiazole rings is 1. The lowest BCUT2D eigenvalue weighted by molar-refractivity contribution is -0.132. The molecule has 0 radical (unpaired) electrons. The van der Waals surface area contributed by atoms with Crippen molar-refractivity contribution in [1.82, 2.24) is 9.38 Å². The third-order valence-electron chi connectivity index (χ3n) is 4.59. The van der Waals surface area contributed by atoms with Gasteiger partial charge in [0.15, 0.2) is 16.5 Å². The number of benzene rings is 2. The van der Waals surface area contributed by atoms with Crippen molar-refractivity contribution in [2.24, 2.45) is 0 Å². The predicted molar refractivity (Wildman–Crippen MR) is 109 cm³/mol. The number of carbonyl (C=O) groups excluding carboxylic acids is 1. The van der Waals surface area contributed by atoms with Gasteiger partial charge in [-0.25, -0.2) is 9.38 Å². The van der Waals surface area contributed by atoms with Crippen molar-refractivity contribution in [2.75, 3.05) is 7.11 Å². The van der Waals surface area contributed by atoms with Crippen LogP contribution in [0.25, 0.3) is 22.1 Å². The maximum atomic E-state index is 13.0. The number of nitrogens with zero attached hydrogens (tertiary/aromatic N) is 2. The van der Waals surface area contributed by atoms with Gasteiger partial charge >= 0.3 is 5.97 Å². The summed E-state index contributed by atoms with van der Waals surface area (Å²) in [7, 11) is 1.50. The van der Waals surface area contributed by atoms with Crippen LogP contribution in [0.5, 0.6) is 11.5 Å². The molecule has 0 fully saturated rings. The van der Waals surface area contributed by atoms with Gasteiger partial charge in [0.2, 0.25) is 0 Å². The van der Waals surface area contributed by atoms with Gasteiger partial charge in [-0.3, -0.25) is 9.59 Å².